The van der Waals surface area contributed by atoms with E-state index in [0.717, 1.165) is 35.5 Å². The number of fused-ring (bicyclic) bond motifs is 1. The molecule has 0 spiro atoms. The van der Waals surface area contributed by atoms with Crippen LogP contribution in [0.2, 0.25) is 0 Å². The minimum atomic E-state index is 0.155. The molecule has 104 valence electrons. The monoisotopic (exact) mass is 285 g/mol. The summed E-state index contributed by atoms with van der Waals surface area (Å²) in [6, 6.07) is 8.35. The lowest BCUT2D eigenvalue weighted by Crippen LogP contribution is -2.36. The molecule has 0 aliphatic carbocycles. The lowest BCUT2D eigenvalue weighted by atomic mass is 9.97. The van der Waals surface area contributed by atoms with E-state index in [1.807, 2.05) is 17.9 Å². The van der Waals surface area contributed by atoms with Crippen molar-refractivity contribution in [1.82, 2.24) is 0 Å². The highest BCUT2D eigenvalue weighted by atomic mass is 32.1. The second kappa shape index (κ2) is 5.06. The highest BCUT2D eigenvalue weighted by Gasteiger charge is 2.26. The number of thiophene rings is 1. The zero-order valence-corrected chi connectivity index (χ0v) is 13.0. The van der Waals surface area contributed by atoms with E-state index in [0.29, 0.717) is 0 Å². The van der Waals surface area contributed by atoms with E-state index in [1.165, 1.54) is 16.0 Å². The van der Waals surface area contributed by atoms with Crippen LogP contribution in [0.4, 0.5) is 5.69 Å². The molecule has 2 nitrogen and oxygen atoms in total. The fourth-order valence-corrected chi connectivity index (χ4v) is 3.95. The number of carbonyl (C=O) groups is 1. The van der Waals surface area contributed by atoms with E-state index in [9.17, 15) is 4.79 Å². The van der Waals surface area contributed by atoms with Crippen molar-refractivity contribution in [3.05, 3.63) is 50.7 Å². The van der Waals surface area contributed by atoms with E-state index in [1.54, 1.807) is 11.3 Å². The lowest BCUT2D eigenvalue weighted by Gasteiger charge is -2.31. The molecular formula is C17H19NOS. The van der Waals surface area contributed by atoms with Crippen LogP contribution in [-0.2, 0) is 6.42 Å². The first kappa shape index (κ1) is 13.4. The number of para-hydroxylation sites is 1. The Morgan fingerprint density at radius 1 is 1.25 bits per heavy atom. The Hall–Kier alpha value is -1.61. The summed E-state index contributed by atoms with van der Waals surface area (Å²) in [6.07, 6.45) is 2.12. The number of amides is 1. The molecule has 0 radical (unpaired) electrons. The Balaban J connectivity index is 2.05. The van der Waals surface area contributed by atoms with Crippen molar-refractivity contribution in [2.24, 2.45) is 0 Å². The van der Waals surface area contributed by atoms with Crippen molar-refractivity contribution >= 4 is 22.9 Å². The highest BCUT2D eigenvalue weighted by molar-refractivity contribution is 7.12. The van der Waals surface area contributed by atoms with Gasteiger partial charge >= 0.3 is 0 Å². The van der Waals surface area contributed by atoms with Crippen molar-refractivity contribution in [2.45, 2.75) is 33.6 Å². The van der Waals surface area contributed by atoms with Crippen LogP contribution in [0.5, 0.6) is 0 Å². The Bertz CT molecular complexity index is 672. The SMILES string of the molecule is Cc1cc(C(=O)N2CCCc3cccc(C)c32)c(C)s1. The van der Waals surface area contributed by atoms with Crippen LogP contribution >= 0.6 is 11.3 Å². The Morgan fingerprint density at radius 2 is 2.05 bits per heavy atom. The van der Waals surface area contributed by atoms with Gasteiger partial charge in [0, 0.05) is 16.3 Å². The average molecular weight is 285 g/mol. The van der Waals surface area contributed by atoms with Gasteiger partial charge in [0.05, 0.1) is 11.3 Å². The Morgan fingerprint density at radius 3 is 2.75 bits per heavy atom. The number of aryl methyl sites for hydroxylation is 4. The summed E-state index contributed by atoms with van der Waals surface area (Å²) in [6.45, 7) is 7.01. The molecule has 1 aromatic carbocycles. The van der Waals surface area contributed by atoms with Crippen molar-refractivity contribution in [1.29, 1.82) is 0 Å². The van der Waals surface area contributed by atoms with Gasteiger partial charge in [0.15, 0.2) is 0 Å². The van der Waals surface area contributed by atoms with Crippen LogP contribution in [-0.4, -0.2) is 12.5 Å². The predicted molar refractivity (Wildman–Crippen MR) is 85.0 cm³/mol. The number of hydrogen-bond donors (Lipinski definition) is 0. The molecule has 2 aromatic rings. The molecule has 0 atom stereocenters. The molecular weight excluding hydrogens is 266 g/mol. The summed E-state index contributed by atoms with van der Waals surface area (Å²) in [4.78, 5) is 17.2. The zero-order valence-electron chi connectivity index (χ0n) is 12.2. The number of rotatable bonds is 1. The summed E-state index contributed by atoms with van der Waals surface area (Å²) in [5.74, 6) is 0.155. The molecule has 1 aromatic heterocycles. The molecule has 0 saturated heterocycles. The largest absolute Gasteiger partial charge is 0.308 e. The zero-order chi connectivity index (χ0) is 14.3. The van der Waals surface area contributed by atoms with Gasteiger partial charge in [-0.05, 0) is 50.8 Å². The van der Waals surface area contributed by atoms with Crippen LogP contribution in [0.15, 0.2) is 24.3 Å². The van der Waals surface area contributed by atoms with Gasteiger partial charge in [-0.1, -0.05) is 18.2 Å². The van der Waals surface area contributed by atoms with E-state index in [-0.39, 0.29) is 5.91 Å². The normalized spacial score (nSPS) is 14.2. The van der Waals surface area contributed by atoms with Gasteiger partial charge in [-0.2, -0.15) is 0 Å². The third-order valence-corrected chi connectivity index (χ3v) is 4.90. The van der Waals surface area contributed by atoms with Gasteiger partial charge in [-0.15, -0.1) is 11.3 Å². The van der Waals surface area contributed by atoms with Crippen molar-refractivity contribution in [3.63, 3.8) is 0 Å². The fraction of sp³-hybridized carbons (Fsp3) is 0.353. The van der Waals surface area contributed by atoms with Crippen LogP contribution < -0.4 is 4.90 Å². The van der Waals surface area contributed by atoms with Gasteiger partial charge in [-0.3, -0.25) is 4.79 Å². The van der Waals surface area contributed by atoms with Crippen molar-refractivity contribution in [3.8, 4) is 0 Å². The standard InChI is InChI=1S/C17H19NOS/c1-11-6-4-7-14-8-5-9-18(16(11)14)17(19)15-10-12(2)20-13(15)3/h4,6-7,10H,5,8-9H2,1-3H3. The molecule has 0 unspecified atom stereocenters. The number of nitrogens with zero attached hydrogens (tertiary/aromatic N) is 1. The molecule has 1 aliphatic rings. The van der Waals surface area contributed by atoms with E-state index >= 15 is 0 Å². The predicted octanol–water partition coefficient (Wildman–Crippen LogP) is 4.27. The Labute approximate surface area is 124 Å². The van der Waals surface area contributed by atoms with Gasteiger partial charge in [-0.25, -0.2) is 0 Å². The fourth-order valence-electron chi connectivity index (χ4n) is 3.04. The minimum Gasteiger partial charge on any atom is -0.308 e. The number of hydrogen-bond acceptors (Lipinski definition) is 2. The maximum atomic E-state index is 12.9. The van der Waals surface area contributed by atoms with Gasteiger partial charge < -0.3 is 4.90 Å². The third-order valence-electron chi connectivity index (χ3n) is 3.94. The van der Waals surface area contributed by atoms with Crippen LogP contribution in [0.3, 0.4) is 0 Å². The van der Waals surface area contributed by atoms with Crippen LogP contribution in [0.1, 0.15) is 37.7 Å². The molecule has 0 saturated carbocycles. The molecule has 0 fully saturated rings. The molecule has 20 heavy (non-hydrogen) atoms. The topological polar surface area (TPSA) is 20.3 Å². The molecule has 3 rings (SSSR count). The summed E-state index contributed by atoms with van der Waals surface area (Å²) >= 11 is 1.70. The minimum absolute atomic E-state index is 0.155. The quantitative estimate of drug-likeness (QED) is 0.766. The van der Waals surface area contributed by atoms with Crippen LogP contribution in [0.25, 0.3) is 0 Å². The molecule has 3 heteroatoms. The number of benzene rings is 1. The average Bonchev–Trinajstić information content (AvgIpc) is 2.77. The summed E-state index contributed by atoms with van der Waals surface area (Å²) in [5.41, 5.74) is 4.49. The first-order valence-corrected chi connectivity index (χ1v) is 7.87. The molecule has 1 aliphatic heterocycles. The van der Waals surface area contributed by atoms with Crippen LogP contribution in [0, 0.1) is 20.8 Å². The first-order chi connectivity index (χ1) is 9.58. The number of carbonyl (C=O) groups excluding carboxylic acids is 1. The summed E-state index contributed by atoms with van der Waals surface area (Å²) in [7, 11) is 0. The smallest absolute Gasteiger partial charge is 0.259 e. The molecule has 0 bridgehead atoms. The van der Waals surface area contributed by atoms with Gasteiger partial charge in [0.2, 0.25) is 0 Å². The van der Waals surface area contributed by atoms with Crippen molar-refractivity contribution in [2.75, 3.05) is 11.4 Å². The molecule has 0 N–H and O–H groups in total. The van der Waals surface area contributed by atoms with E-state index in [4.69, 9.17) is 0 Å². The maximum absolute atomic E-state index is 12.9. The van der Waals surface area contributed by atoms with E-state index < -0.39 is 0 Å². The first-order valence-electron chi connectivity index (χ1n) is 7.05. The van der Waals surface area contributed by atoms with Gasteiger partial charge in [0.25, 0.3) is 5.91 Å². The third kappa shape index (κ3) is 2.16. The highest BCUT2D eigenvalue weighted by Crippen LogP contribution is 2.33. The molecule has 1 amide bonds. The second-order valence-corrected chi connectivity index (χ2v) is 6.93. The maximum Gasteiger partial charge on any atom is 0.259 e. The summed E-state index contributed by atoms with van der Waals surface area (Å²) in [5, 5.41) is 0. The van der Waals surface area contributed by atoms with Crippen molar-refractivity contribution < 1.29 is 4.79 Å². The van der Waals surface area contributed by atoms with E-state index in [2.05, 4.69) is 32.0 Å². The Kier molecular flexibility index (Phi) is 3.38. The van der Waals surface area contributed by atoms with Gasteiger partial charge in [0.1, 0.15) is 0 Å². The molecule has 2 heterocycles. The summed E-state index contributed by atoms with van der Waals surface area (Å²) < 4.78 is 0. The number of anilines is 1. The second-order valence-electron chi connectivity index (χ2n) is 5.47. The lowest BCUT2D eigenvalue weighted by molar-refractivity contribution is 0.0985.